The SMILES string of the molecule is Cc1csc(SCCNCc2cc(Br)cs2)n1. The summed E-state index contributed by atoms with van der Waals surface area (Å²) in [5, 5.41) is 7.65. The number of thiazole rings is 1. The number of rotatable bonds is 6. The van der Waals surface area contributed by atoms with Crippen LogP contribution in [0.1, 0.15) is 10.6 Å². The fraction of sp³-hybridized carbons (Fsp3) is 0.364. The summed E-state index contributed by atoms with van der Waals surface area (Å²) in [6, 6.07) is 2.16. The standard InChI is InChI=1S/C11H13BrN2S3/c1-8-6-17-11(14-8)15-3-2-13-5-10-4-9(12)7-16-10/h4,6-7,13H,2-3,5H2,1H3. The minimum absolute atomic E-state index is 0.952. The lowest BCUT2D eigenvalue weighted by Crippen LogP contribution is -2.15. The lowest BCUT2D eigenvalue weighted by molar-refractivity contribution is 0.740. The number of halogens is 1. The molecule has 2 aromatic heterocycles. The Morgan fingerprint density at radius 1 is 1.41 bits per heavy atom. The largest absolute Gasteiger partial charge is 0.311 e. The van der Waals surface area contributed by atoms with Gasteiger partial charge < -0.3 is 5.32 Å². The zero-order valence-electron chi connectivity index (χ0n) is 9.40. The van der Waals surface area contributed by atoms with Gasteiger partial charge in [-0.1, -0.05) is 11.8 Å². The van der Waals surface area contributed by atoms with Crippen LogP contribution >= 0.6 is 50.4 Å². The molecule has 0 saturated carbocycles. The Labute approximate surface area is 122 Å². The topological polar surface area (TPSA) is 24.9 Å². The van der Waals surface area contributed by atoms with Crippen molar-refractivity contribution in [2.24, 2.45) is 0 Å². The van der Waals surface area contributed by atoms with Crippen LogP contribution in [0.4, 0.5) is 0 Å². The third kappa shape index (κ3) is 4.71. The van der Waals surface area contributed by atoms with Crippen LogP contribution in [0.5, 0.6) is 0 Å². The van der Waals surface area contributed by atoms with Crippen molar-refractivity contribution >= 4 is 50.4 Å². The first-order valence-electron chi connectivity index (χ1n) is 5.22. The molecule has 0 unspecified atom stereocenters. The average molecular weight is 349 g/mol. The predicted molar refractivity (Wildman–Crippen MR) is 81.3 cm³/mol. The van der Waals surface area contributed by atoms with Crippen molar-refractivity contribution in [2.45, 2.75) is 17.8 Å². The normalized spacial score (nSPS) is 10.9. The van der Waals surface area contributed by atoms with Gasteiger partial charge in [0.25, 0.3) is 0 Å². The van der Waals surface area contributed by atoms with Crippen LogP contribution in [-0.2, 0) is 6.54 Å². The number of thioether (sulfide) groups is 1. The zero-order chi connectivity index (χ0) is 12.1. The Bertz CT molecular complexity index is 424. The molecule has 0 amide bonds. The molecule has 2 rings (SSSR count). The minimum Gasteiger partial charge on any atom is -0.311 e. The van der Waals surface area contributed by atoms with E-state index < -0.39 is 0 Å². The Morgan fingerprint density at radius 3 is 2.94 bits per heavy atom. The van der Waals surface area contributed by atoms with Gasteiger partial charge in [-0.25, -0.2) is 4.98 Å². The van der Waals surface area contributed by atoms with Crippen molar-refractivity contribution in [1.82, 2.24) is 10.3 Å². The molecule has 0 atom stereocenters. The molecule has 0 aliphatic heterocycles. The van der Waals surface area contributed by atoms with Gasteiger partial charge in [0.1, 0.15) is 4.34 Å². The highest BCUT2D eigenvalue weighted by atomic mass is 79.9. The number of nitrogens with zero attached hydrogens (tertiary/aromatic N) is 1. The molecular formula is C11H13BrN2S3. The number of nitrogens with one attached hydrogen (secondary N) is 1. The second-order valence-electron chi connectivity index (χ2n) is 3.51. The van der Waals surface area contributed by atoms with Gasteiger partial charge >= 0.3 is 0 Å². The molecule has 17 heavy (non-hydrogen) atoms. The minimum atomic E-state index is 0.952. The summed E-state index contributed by atoms with van der Waals surface area (Å²) in [6.45, 7) is 4.00. The molecule has 6 heteroatoms. The monoisotopic (exact) mass is 348 g/mol. The summed E-state index contributed by atoms with van der Waals surface area (Å²) in [5.74, 6) is 1.07. The van der Waals surface area contributed by atoms with Crippen LogP contribution in [0.15, 0.2) is 25.6 Å². The van der Waals surface area contributed by atoms with E-state index in [1.807, 2.05) is 18.7 Å². The zero-order valence-corrected chi connectivity index (χ0v) is 13.4. The molecule has 2 aromatic rings. The van der Waals surface area contributed by atoms with E-state index in [2.05, 4.69) is 43.1 Å². The quantitative estimate of drug-likeness (QED) is 0.626. The Morgan fingerprint density at radius 2 is 2.29 bits per heavy atom. The van der Waals surface area contributed by atoms with Crippen molar-refractivity contribution < 1.29 is 0 Å². The third-order valence-electron chi connectivity index (χ3n) is 2.02. The van der Waals surface area contributed by atoms with Gasteiger partial charge in [-0.05, 0) is 28.9 Å². The Hall–Kier alpha value is 0.120. The fourth-order valence-corrected chi connectivity index (χ4v) is 4.50. The highest BCUT2D eigenvalue weighted by Gasteiger charge is 2.00. The van der Waals surface area contributed by atoms with E-state index in [9.17, 15) is 0 Å². The average Bonchev–Trinajstić information content (AvgIpc) is 2.88. The lowest BCUT2D eigenvalue weighted by atomic mass is 10.4. The van der Waals surface area contributed by atoms with Crippen LogP contribution in [-0.4, -0.2) is 17.3 Å². The van der Waals surface area contributed by atoms with E-state index in [1.165, 1.54) is 13.7 Å². The molecule has 0 spiro atoms. The van der Waals surface area contributed by atoms with E-state index in [1.54, 1.807) is 22.7 Å². The van der Waals surface area contributed by atoms with Crippen molar-refractivity contribution in [3.8, 4) is 0 Å². The maximum atomic E-state index is 4.42. The summed E-state index contributed by atoms with van der Waals surface area (Å²) in [6.07, 6.45) is 0. The number of hydrogen-bond donors (Lipinski definition) is 1. The van der Waals surface area contributed by atoms with Crippen LogP contribution in [0.2, 0.25) is 0 Å². The first-order chi connectivity index (χ1) is 8.24. The van der Waals surface area contributed by atoms with Gasteiger partial charge in [-0.3, -0.25) is 0 Å². The van der Waals surface area contributed by atoms with Gasteiger partial charge in [0.15, 0.2) is 0 Å². The Balaban J connectivity index is 1.60. The molecule has 1 N–H and O–H groups in total. The van der Waals surface area contributed by atoms with Crippen LogP contribution in [0.25, 0.3) is 0 Å². The second kappa shape index (κ2) is 6.89. The first-order valence-corrected chi connectivity index (χ1v) is 8.76. The van der Waals surface area contributed by atoms with E-state index in [0.717, 1.165) is 24.5 Å². The van der Waals surface area contributed by atoms with Crippen LogP contribution in [0, 0.1) is 6.92 Å². The third-order valence-corrected chi connectivity index (χ3v) is 5.86. The molecule has 0 aromatic carbocycles. The van der Waals surface area contributed by atoms with E-state index in [0.29, 0.717) is 0 Å². The van der Waals surface area contributed by atoms with Crippen LogP contribution in [0.3, 0.4) is 0 Å². The van der Waals surface area contributed by atoms with E-state index >= 15 is 0 Å². The number of hydrogen-bond acceptors (Lipinski definition) is 5. The van der Waals surface area contributed by atoms with Gasteiger partial charge in [-0.2, -0.15) is 0 Å². The van der Waals surface area contributed by atoms with Gasteiger partial charge in [0, 0.05) is 44.6 Å². The summed E-state index contributed by atoms with van der Waals surface area (Å²) < 4.78 is 2.34. The molecule has 0 fully saturated rings. The van der Waals surface area contributed by atoms with Gasteiger partial charge in [-0.15, -0.1) is 22.7 Å². The number of thiophene rings is 1. The number of aromatic nitrogens is 1. The Kier molecular flexibility index (Phi) is 5.49. The van der Waals surface area contributed by atoms with Gasteiger partial charge in [0.2, 0.25) is 0 Å². The summed E-state index contributed by atoms with van der Waals surface area (Å²) in [4.78, 5) is 5.79. The maximum absolute atomic E-state index is 4.42. The molecule has 2 heterocycles. The molecule has 0 saturated heterocycles. The molecule has 2 nitrogen and oxygen atoms in total. The lowest BCUT2D eigenvalue weighted by Gasteiger charge is -2.01. The number of aryl methyl sites for hydroxylation is 1. The first kappa shape index (κ1) is 13.5. The molecule has 0 aliphatic carbocycles. The molecule has 0 aliphatic rings. The van der Waals surface area contributed by atoms with Crippen molar-refractivity contribution in [1.29, 1.82) is 0 Å². The smallest absolute Gasteiger partial charge is 0.150 e. The van der Waals surface area contributed by atoms with E-state index in [-0.39, 0.29) is 0 Å². The van der Waals surface area contributed by atoms with E-state index in [4.69, 9.17) is 0 Å². The molecular weight excluding hydrogens is 336 g/mol. The maximum Gasteiger partial charge on any atom is 0.150 e. The van der Waals surface area contributed by atoms with Gasteiger partial charge in [0.05, 0.1) is 0 Å². The molecule has 0 radical (unpaired) electrons. The van der Waals surface area contributed by atoms with Crippen LogP contribution < -0.4 is 5.32 Å². The predicted octanol–water partition coefficient (Wildman–Crippen LogP) is 4.16. The molecule has 92 valence electrons. The highest BCUT2D eigenvalue weighted by molar-refractivity contribution is 9.10. The van der Waals surface area contributed by atoms with Crippen molar-refractivity contribution in [2.75, 3.05) is 12.3 Å². The summed E-state index contributed by atoms with van der Waals surface area (Å²) >= 11 is 8.79. The highest BCUT2D eigenvalue weighted by Crippen LogP contribution is 2.22. The van der Waals surface area contributed by atoms with Crippen molar-refractivity contribution in [3.05, 3.63) is 31.9 Å². The van der Waals surface area contributed by atoms with Crippen molar-refractivity contribution in [3.63, 3.8) is 0 Å². The second-order valence-corrected chi connectivity index (χ2v) is 7.62. The fourth-order valence-electron chi connectivity index (χ4n) is 1.27. The summed E-state index contributed by atoms with van der Waals surface area (Å²) in [7, 11) is 0. The summed E-state index contributed by atoms with van der Waals surface area (Å²) in [5.41, 5.74) is 1.12. The molecule has 0 bridgehead atoms.